The van der Waals surface area contributed by atoms with Crippen molar-refractivity contribution in [2.24, 2.45) is 0 Å². The fourth-order valence-electron chi connectivity index (χ4n) is 2.99. The molecule has 0 fully saturated rings. The number of rotatable bonds is 3. The molecular weight excluding hydrogens is 328 g/mol. The first-order valence-electron chi connectivity index (χ1n) is 7.58. The van der Waals surface area contributed by atoms with Crippen molar-refractivity contribution >= 4 is 5.78 Å². The highest BCUT2D eigenvalue weighted by atomic mass is 16.5. The van der Waals surface area contributed by atoms with Crippen LogP contribution < -0.4 is 14.2 Å². The average Bonchev–Trinajstić information content (AvgIpc) is 2.60. The Hall–Kier alpha value is -3.09. The SMILES string of the molecule is COc1cc(C2CC(=O)c3c(O)c(O)c(OC)c(C)c3O2)ccc1O. The fourth-order valence-corrected chi connectivity index (χ4v) is 2.99. The summed E-state index contributed by atoms with van der Waals surface area (Å²) in [4.78, 5) is 12.5. The van der Waals surface area contributed by atoms with E-state index >= 15 is 0 Å². The molecule has 0 aliphatic carbocycles. The largest absolute Gasteiger partial charge is 0.504 e. The molecule has 2 aromatic carbocycles. The van der Waals surface area contributed by atoms with Crippen molar-refractivity contribution < 1.29 is 34.3 Å². The normalized spacial score (nSPS) is 16.1. The minimum absolute atomic E-state index is 0.0193. The molecule has 0 amide bonds. The molecule has 7 heteroatoms. The second kappa shape index (κ2) is 6.08. The Kier molecular flexibility index (Phi) is 4.08. The van der Waals surface area contributed by atoms with E-state index in [2.05, 4.69) is 0 Å². The van der Waals surface area contributed by atoms with Crippen LogP contribution in [0.2, 0.25) is 0 Å². The molecule has 1 heterocycles. The van der Waals surface area contributed by atoms with E-state index in [9.17, 15) is 20.1 Å². The molecule has 3 N–H and O–H groups in total. The summed E-state index contributed by atoms with van der Waals surface area (Å²) in [5.41, 5.74) is 0.994. The van der Waals surface area contributed by atoms with Crippen LogP contribution in [0.5, 0.6) is 34.5 Å². The van der Waals surface area contributed by atoms with Gasteiger partial charge in [-0.1, -0.05) is 6.07 Å². The molecule has 2 aromatic rings. The van der Waals surface area contributed by atoms with Crippen LogP contribution in [0, 0.1) is 6.92 Å². The number of fused-ring (bicyclic) bond motifs is 1. The van der Waals surface area contributed by atoms with Crippen LogP contribution in [0.3, 0.4) is 0 Å². The molecule has 1 unspecified atom stereocenters. The van der Waals surface area contributed by atoms with Gasteiger partial charge in [0.05, 0.1) is 20.6 Å². The van der Waals surface area contributed by atoms with Crippen molar-refractivity contribution in [3.8, 4) is 34.5 Å². The summed E-state index contributed by atoms with van der Waals surface area (Å²) in [5, 5.41) is 29.9. The maximum atomic E-state index is 12.5. The lowest BCUT2D eigenvalue weighted by Crippen LogP contribution is -2.21. The van der Waals surface area contributed by atoms with Gasteiger partial charge in [0, 0.05) is 5.56 Å². The van der Waals surface area contributed by atoms with Gasteiger partial charge in [-0.15, -0.1) is 0 Å². The van der Waals surface area contributed by atoms with E-state index in [1.807, 2.05) is 0 Å². The minimum atomic E-state index is -0.623. The second-order valence-corrected chi connectivity index (χ2v) is 5.72. The summed E-state index contributed by atoms with van der Waals surface area (Å²) in [6.45, 7) is 1.63. The van der Waals surface area contributed by atoms with Gasteiger partial charge in [0.1, 0.15) is 17.4 Å². The number of ether oxygens (including phenoxy) is 3. The molecule has 1 atom stereocenters. The topological polar surface area (TPSA) is 105 Å². The van der Waals surface area contributed by atoms with Crippen LogP contribution in [0.4, 0.5) is 0 Å². The smallest absolute Gasteiger partial charge is 0.201 e. The molecule has 0 radical (unpaired) electrons. The number of methoxy groups -OCH3 is 2. The maximum absolute atomic E-state index is 12.5. The molecule has 132 valence electrons. The molecular formula is C18H18O7. The van der Waals surface area contributed by atoms with Crippen molar-refractivity contribution in [2.75, 3.05) is 14.2 Å². The highest BCUT2D eigenvalue weighted by molar-refractivity contribution is 6.04. The molecule has 25 heavy (non-hydrogen) atoms. The Morgan fingerprint density at radius 1 is 1.12 bits per heavy atom. The number of benzene rings is 2. The predicted octanol–water partition coefficient (Wildman–Crippen LogP) is 2.84. The van der Waals surface area contributed by atoms with Crippen LogP contribution >= 0.6 is 0 Å². The van der Waals surface area contributed by atoms with E-state index in [0.717, 1.165) is 0 Å². The number of ketones is 1. The van der Waals surface area contributed by atoms with Gasteiger partial charge in [-0.05, 0) is 24.6 Å². The Bertz CT molecular complexity index is 857. The van der Waals surface area contributed by atoms with E-state index in [1.165, 1.54) is 20.3 Å². The number of aromatic hydroxyl groups is 3. The van der Waals surface area contributed by atoms with Crippen LogP contribution in [0.15, 0.2) is 18.2 Å². The third kappa shape index (κ3) is 2.57. The molecule has 3 rings (SSSR count). The molecule has 1 aliphatic rings. The van der Waals surface area contributed by atoms with Gasteiger partial charge < -0.3 is 29.5 Å². The number of hydrogen-bond acceptors (Lipinski definition) is 7. The average molecular weight is 346 g/mol. The Balaban J connectivity index is 2.10. The first-order chi connectivity index (χ1) is 11.9. The Morgan fingerprint density at radius 2 is 1.84 bits per heavy atom. The first kappa shape index (κ1) is 16.8. The quantitative estimate of drug-likeness (QED) is 0.734. The highest BCUT2D eigenvalue weighted by Gasteiger charge is 2.35. The van der Waals surface area contributed by atoms with Gasteiger partial charge in [0.25, 0.3) is 0 Å². The van der Waals surface area contributed by atoms with Gasteiger partial charge in [-0.2, -0.15) is 0 Å². The zero-order chi connectivity index (χ0) is 18.3. The van der Waals surface area contributed by atoms with Gasteiger partial charge >= 0.3 is 0 Å². The number of hydrogen-bond donors (Lipinski definition) is 3. The number of phenols is 3. The number of carbonyl (C=O) groups is 1. The monoisotopic (exact) mass is 346 g/mol. The molecule has 1 aliphatic heterocycles. The van der Waals surface area contributed by atoms with E-state index in [1.54, 1.807) is 19.1 Å². The molecule has 0 saturated heterocycles. The van der Waals surface area contributed by atoms with Gasteiger partial charge in [-0.3, -0.25) is 4.79 Å². The fraction of sp³-hybridized carbons (Fsp3) is 0.278. The van der Waals surface area contributed by atoms with Crippen molar-refractivity contribution in [1.29, 1.82) is 0 Å². The third-order valence-electron chi connectivity index (χ3n) is 4.27. The maximum Gasteiger partial charge on any atom is 0.201 e. The Morgan fingerprint density at radius 3 is 2.48 bits per heavy atom. The number of phenolic OH excluding ortho intramolecular Hbond substituents is 3. The summed E-state index contributed by atoms with van der Waals surface area (Å²) < 4.78 is 16.1. The summed E-state index contributed by atoms with van der Waals surface area (Å²) in [6, 6.07) is 4.68. The van der Waals surface area contributed by atoms with E-state index in [0.29, 0.717) is 11.1 Å². The standard InChI is InChI=1S/C18H18O7/c1-8-17-14(15(21)16(22)18(8)24-3)11(20)7-12(25-17)9-4-5-10(19)13(6-9)23-2/h4-6,12,19,21-22H,7H2,1-3H3. The molecule has 0 aromatic heterocycles. The summed E-state index contributed by atoms with van der Waals surface area (Å²) >= 11 is 0. The molecule has 0 spiro atoms. The summed E-state index contributed by atoms with van der Waals surface area (Å²) in [6.07, 6.45) is -0.651. The van der Waals surface area contributed by atoms with Crippen LogP contribution in [0.25, 0.3) is 0 Å². The lowest BCUT2D eigenvalue weighted by atomic mass is 9.93. The Labute approximate surface area is 144 Å². The second-order valence-electron chi connectivity index (χ2n) is 5.72. The van der Waals surface area contributed by atoms with Gasteiger partial charge in [0.15, 0.2) is 28.8 Å². The van der Waals surface area contributed by atoms with E-state index < -0.39 is 17.6 Å². The van der Waals surface area contributed by atoms with Crippen molar-refractivity contribution in [3.63, 3.8) is 0 Å². The predicted molar refractivity (Wildman–Crippen MR) is 88.0 cm³/mol. The van der Waals surface area contributed by atoms with Crippen molar-refractivity contribution in [1.82, 2.24) is 0 Å². The van der Waals surface area contributed by atoms with Gasteiger partial charge in [-0.25, -0.2) is 0 Å². The van der Waals surface area contributed by atoms with Crippen LogP contribution in [-0.2, 0) is 0 Å². The first-order valence-corrected chi connectivity index (χ1v) is 7.58. The number of Topliss-reactive ketones (excluding diaryl/α,β-unsaturated/α-hetero) is 1. The van der Waals surface area contributed by atoms with Crippen LogP contribution in [0.1, 0.15) is 34.0 Å². The van der Waals surface area contributed by atoms with Gasteiger partial charge in [0.2, 0.25) is 5.75 Å². The summed E-state index contributed by atoms with van der Waals surface area (Å²) in [7, 11) is 2.78. The molecule has 0 bridgehead atoms. The lowest BCUT2D eigenvalue weighted by Gasteiger charge is -2.28. The van der Waals surface area contributed by atoms with Crippen LogP contribution in [-0.4, -0.2) is 35.3 Å². The lowest BCUT2D eigenvalue weighted by molar-refractivity contribution is 0.0840. The van der Waals surface area contributed by atoms with E-state index in [4.69, 9.17) is 14.2 Å². The van der Waals surface area contributed by atoms with Crippen molar-refractivity contribution in [3.05, 3.63) is 34.9 Å². The zero-order valence-electron chi connectivity index (χ0n) is 14.0. The van der Waals surface area contributed by atoms with Crippen molar-refractivity contribution in [2.45, 2.75) is 19.4 Å². The van der Waals surface area contributed by atoms with E-state index in [-0.39, 0.29) is 40.8 Å². The minimum Gasteiger partial charge on any atom is -0.504 e. The highest BCUT2D eigenvalue weighted by Crippen LogP contribution is 2.51. The molecule has 7 nitrogen and oxygen atoms in total. The summed E-state index contributed by atoms with van der Waals surface area (Å²) in [5.74, 6) is -0.939. The third-order valence-corrected chi connectivity index (χ3v) is 4.27. The zero-order valence-corrected chi connectivity index (χ0v) is 14.0. The molecule has 0 saturated carbocycles. The number of carbonyl (C=O) groups excluding carboxylic acids is 1.